The Labute approximate surface area is 170 Å². The fourth-order valence-electron chi connectivity index (χ4n) is 4.48. The largest absolute Gasteiger partial charge is 0.392 e. The number of piperazine rings is 1. The van der Waals surface area contributed by atoms with E-state index in [0.717, 1.165) is 12.8 Å². The lowest BCUT2D eigenvalue weighted by atomic mass is 9.78. The maximum Gasteiger partial charge on any atom is 0.392 e. The van der Waals surface area contributed by atoms with E-state index in [1.807, 2.05) is 30.3 Å². The molecule has 2 atom stereocenters. The normalized spacial score (nSPS) is 23.1. The van der Waals surface area contributed by atoms with Crippen LogP contribution in [0.2, 0.25) is 0 Å². The Morgan fingerprint density at radius 1 is 0.931 bits per heavy atom. The number of rotatable bonds is 5. The molecule has 1 aliphatic carbocycles. The Morgan fingerprint density at radius 3 is 2.21 bits per heavy atom. The first-order valence-electron chi connectivity index (χ1n) is 10.5. The average molecular weight is 410 g/mol. The summed E-state index contributed by atoms with van der Waals surface area (Å²) in [5.41, 5.74) is 1.20. The molecule has 0 radical (unpaired) electrons. The van der Waals surface area contributed by atoms with Gasteiger partial charge in [-0.1, -0.05) is 43.2 Å². The lowest BCUT2D eigenvalue weighted by molar-refractivity contribution is -0.201. The maximum atomic E-state index is 13.3. The standard InChI is InChI=1S/C22H29F3N2O2/c23-22(24,25)19-11-5-4-10-18(19)21(29)27-15-13-26(14-16-27)20(28)12-6-9-17-7-2-1-3-8-17/h1-3,7-8,18-19H,4-6,9-16H2. The Balaban J connectivity index is 1.45. The van der Waals surface area contributed by atoms with E-state index in [-0.39, 0.29) is 18.2 Å². The van der Waals surface area contributed by atoms with Crippen LogP contribution in [0.15, 0.2) is 30.3 Å². The van der Waals surface area contributed by atoms with E-state index in [9.17, 15) is 22.8 Å². The third-order valence-electron chi connectivity index (χ3n) is 6.15. The number of nitrogens with zero attached hydrogens (tertiary/aromatic N) is 2. The van der Waals surface area contributed by atoms with Gasteiger partial charge in [-0.05, 0) is 31.2 Å². The molecule has 1 saturated heterocycles. The minimum atomic E-state index is -4.32. The van der Waals surface area contributed by atoms with Gasteiger partial charge in [0.25, 0.3) is 0 Å². The molecule has 29 heavy (non-hydrogen) atoms. The molecule has 0 aromatic heterocycles. The topological polar surface area (TPSA) is 40.6 Å². The van der Waals surface area contributed by atoms with E-state index in [2.05, 4.69) is 0 Å². The quantitative estimate of drug-likeness (QED) is 0.735. The van der Waals surface area contributed by atoms with E-state index in [0.29, 0.717) is 51.9 Å². The number of hydrogen-bond acceptors (Lipinski definition) is 2. The van der Waals surface area contributed by atoms with Gasteiger partial charge in [-0.15, -0.1) is 0 Å². The molecule has 2 amide bonds. The first-order chi connectivity index (χ1) is 13.9. The molecular weight excluding hydrogens is 381 g/mol. The van der Waals surface area contributed by atoms with Crippen LogP contribution >= 0.6 is 0 Å². The van der Waals surface area contributed by atoms with Crippen molar-refractivity contribution in [2.45, 2.75) is 51.1 Å². The third-order valence-corrected chi connectivity index (χ3v) is 6.15. The average Bonchev–Trinajstić information content (AvgIpc) is 2.73. The molecule has 1 aromatic carbocycles. The molecule has 1 aromatic rings. The smallest absolute Gasteiger partial charge is 0.339 e. The molecule has 2 unspecified atom stereocenters. The van der Waals surface area contributed by atoms with Crippen LogP contribution in [0.3, 0.4) is 0 Å². The fraction of sp³-hybridized carbons (Fsp3) is 0.636. The van der Waals surface area contributed by atoms with Gasteiger partial charge in [0.15, 0.2) is 0 Å². The number of carbonyl (C=O) groups excluding carboxylic acids is 2. The minimum Gasteiger partial charge on any atom is -0.339 e. The number of amides is 2. The highest BCUT2D eigenvalue weighted by Gasteiger charge is 2.49. The van der Waals surface area contributed by atoms with Crippen molar-refractivity contribution >= 4 is 11.8 Å². The second-order valence-corrected chi connectivity index (χ2v) is 8.08. The first kappa shape index (κ1) is 21.7. The van der Waals surface area contributed by atoms with Crippen LogP contribution in [0.25, 0.3) is 0 Å². The zero-order valence-corrected chi connectivity index (χ0v) is 16.7. The van der Waals surface area contributed by atoms with Crippen molar-refractivity contribution in [3.05, 3.63) is 35.9 Å². The summed E-state index contributed by atoms with van der Waals surface area (Å²) >= 11 is 0. The zero-order valence-electron chi connectivity index (χ0n) is 16.7. The van der Waals surface area contributed by atoms with E-state index in [4.69, 9.17) is 0 Å². The maximum absolute atomic E-state index is 13.3. The van der Waals surface area contributed by atoms with Crippen LogP contribution in [0.4, 0.5) is 13.2 Å². The predicted molar refractivity (Wildman–Crippen MR) is 104 cm³/mol. The number of hydrogen-bond donors (Lipinski definition) is 0. The van der Waals surface area contributed by atoms with Crippen molar-refractivity contribution in [3.8, 4) is 0 Å². The number of alkyl halides is 3. The summed E-state index contributed by atoms with van der Waals surface area (Å²) in [7, 11) is 0. The van der Waals surface area contributed by atoms with Crippen LogP contribution in [0.1, 0.15) is 44.1 Å². The van der Waals surface area contributed by atoms with Gasteiger partial charge in [0.1, 0.15) is 0 Å². The second kappa shape index (κ2) is 9.63. The van der Waals surface area contributed by atoms with E-state index < -0.39 is 18.0 Å². The van der Waals surface area contributed by atoms with E-state index in [1.165, 1.54) is 10.5 Å². The number of carbonyl (C=O) groups is 2. The van der Waals surface area contributed by atoms with Crippen molar-refractivity contribution in [3.63, 3.8) is 0 Å². The van der Waals surface area contributed by atoms with Gasteiger partial charge in [-0.2, -0.15) is 13.2 Å². The number of halogens is 3. The summed E-state index contributed by atoms with van der Waals surface area (Å²) in [5, 5.41) is 0. The molecule has 1 aliphatic heterocycles. The van der Waals surface area contributed by atoms with Crippen LogP contribution in [0.5, 0.6) is 0 Å². The first-order valence-corrected chi connectivity index (χ1v) is 10.5. The van der Waals surface area contributed by atoms with Crippen LogP contribution in [0, 0.1) is 11.8 Å². The molecule has 2 aliphatic rings. The minimum absolute atomic E-state index is 0.0414. The van der Waals surface area contributed by atoms with Gasteiger partial charge in [0.2, 0.25) is 11.8 Å². The van der Waals surface area contributed by atoms with Gasteiger partial charge >= 0.3 is 6.18 Å². The highest BCUT2D eigenvalue weighted by Crippen LogP contribution is 2.42. The summed E-state index contributed by atoms with van der Waals surface area (Å²) < 4.78 is 39.9. The lowest BCUT2D eigenvalue weighted by Crippen LogP contribution is -2.53. The van der Waals surface area contributed by atoms with Gasteiger partial charge in [-0.3, -0.25) is 9.59 Å². The van der Waals surface area contributed by atoms with Crippen molar-refractivity contribution < 1.29 is 22.8 Å². The SMILES string of the molecule is O=C(CCCc1ccccc1)N1CCN(C(=O)C2CCCCC2C(F)(F)F)CC1. The number of benzene rings is 1. The molecule has 0 bridgehead atoms. The van der Waals surface area contributed by atoms with Gasteiger partial charge < -0.3 is 9.80 Å². The van der Waals surface area contributed by atoms with Crippen molar-refractivity contribution in [1.29, 1.82) is 0 Å². The molecule has 7 heteroatoms. The monoisotopic (exact) mass is 410 g/mol. The van der Waals surface area contributed by atoms with E-state index >= 15 is 0 Å². The van der Waals surface area contributed by atoms with Crippen molar-refractivity contribution in [2.24, 2.45) is 11.8 Å². The van der Waals surface area contributed by atoms with Gasteiger partial charge in [-0.25, -0.2) is 0 Å². The highest BCUT2D eigenvalue weighted by molar-refractivity contribution is 5.80. The molecule has 3 rings (SSSR count). The molecule has 160 valence electrons. The van der Waals surface area contributed by atoms with Crippen LogP contribution < -0.4 is 0 Å². The van der Waals surface area contributed by atoms with Crippen molar-refractivity contribution in [1.82, 2.24) is 9.80 Å². The summed E-state index contributed by atoms with van der Waals surface area (Å²) in [6.07, 6.45) is -0.731. The van der Waals surface area contributed by atoms with Gasteiger partial charge in [0, 0.05) is 38.5 Å². The molecule has 1 saturated carbocycles. The third kappa shape index (κ3) is 5.73. The highest BCUT2D eigenvalue weighted by atomic mass is 19.4. The van der Waals surface area contributed by atoms with E-state index in [1.54, 1.807) is 4.90 Å². The molecular formula is C22H29F3N2O2. The summed E-state index contributed by atoms with van der Waals surface area (Å²) in [6, 6.07) is 9.98. The summed E-state index contributed by atoms with van der Waals surface area (Å²) in [4.78, 5) is 28.4. The summed E-state index contributed by atoms with van der Waals surface area (Å²) in [5.74, 6) is -2.82. The predicted octanol–water partition coefficient (Wildman–Crippen LogP) is 4.05. The van der Waals surface area contributed by atoms with Crippen LogP contribution in [-0.4, -0.2) is 54.0 Å². The lowest BCUT2D eigenvalue weighted by Gasteiger charge is -2.39. The Kier molecular flexibility index (Phi) is 7.19. The van der Waals surface area contributed by atoms with Crippen LogP contribution in [-0.2, 0) is 16.0 Å². The zero-order chi connectivity index (χ0) is 20.9. The summed E-state index contributed by atoms with van der Waals surface area (Å²) in [6.45, 7) is 1.45. The Bertz CT molecular complexity index is 685. The second-order valence-electron chi connectivity index (χ2n) is 8.08. The van der Waals surface area contributed by atoms with Gasteiger partial charge in [0.05, 0.1) is 5.92 Å². The Hall–Kier alpha value is -2.05. The molecule has 0 N–H and O–H groups in total. The molecule has 4 nitrogen and oxygen atoms in total. The number of aryl methyl sites for hydroxylation is 1. The van der Waals surface area contributed by atoms with Crippen molar-refractivity contribution in [2.75, 3.05) is 26.2 Å². The molecule has 2 fully saturated rings. The Morgan fingerprint density at radius 2 is 1.55 bits per heavy atom. The molecule has 0 spiro atoms. The fourth-order valence-corrected chi connectivity index (χ4v) is 4.48. The molecule has 1 heterocycles.